The second kappa shape index (κ2) is 8.39. The molecule has 1 saturated heterocycles. The summed E-state index contributed by atoms with van der Waals surface area (Å²) in [4.78, 5) is 11.7. The van der Waals surface area contributed by atoms with Crippen molar-refractivity contribution >= 4 is 11.3 Å². The fourth-order valence-electron chi connectivity index (χ4n) is 4.19. The molecule has 1 aromatic heterocycles. The monoisotopic (exact) mass is 384 g/mol. The van der Waals surface area contributed by atoms with Crippen molar-refractivity contribution in [2.45, 2.75) is 58.8 Å². The Kier molecular flexibility index (Phi) is 5.93. The van der Waals surface area contributed by atoms with Gasteiger partial charge in [-0.2, -0.15) is 0 Å². The van der Waals surface area contributed by atoms with Gasteiger partial charge in [0.1, 0.15) is 5.01 Å². The molecule has 1 atom stereocenters. The number of nitrogens with zero attached hydrogens (tertiary/aromatic N) is 3. The minimum atomic E-state index is 0.442. The van der Waals surface area contributed by atoms with E-state index in [2.05, 4.69) is 60.2 Å². The molecule has 3 heterocycles. The fourth-order valence-corrected chi connectivity index (χ4v) is 5.36. The summed E-state index contributed by atoms with van der Waals surface area (Å²) < 4.78 is 0. The van der Waals surface area contributed by atoms with Crippen LogP contribution in [0.25, 0.3) is 0 Å². The predicted molar refractivity (Wildman–Crippen MR) is 113 cm³/mol. The van der Waals surface area contributed by atoms with Crippen molar-refractivity contribution in [1.29, 1.82) is 0 Å². The van der Waals surface area contributed by atoms with Crippen LogP contribution in [0.1, 0.15) is 53.5 Å². The third kappa shape index (κ3) is 4.27. The Labute approximate surface area is 167 Å². The standard InChI is InChI=1S/C22H32N4S/c1-4-17-5-7-18(8-6-17)20-13-23-10-12-26(20)15-22-24-19-9-11-25(16(2)3)14-21(19)27-22/h5-8,16,20,23H,4,9-15H2,1-3H3. The molecule has 1 N–H and O–H groups in total. The van der Waals surface area contributed by atoms with Crippen molar-refractivity contribution in [2.24, 2.45) is 0 Å². The quantitative estimate of drug-likeness (QED) is 0.853. The zero-order valence-corrected chi connectivity index (χ0v) is 17.7. The van der Waals surface area contributed by atoms with Gasteiger partial charge in [-0.1, -0.05) is 31.2 Å². The number of nitrogens with one attached hydrogen (secondary N) is 1. The molecule has 1 unspecified atom stereocenters. The SMILES string of the molecule is CCc1ccc(C2CNCCN2Cc2nc3c(s2)CN(C(C)C)CC3)cc1. The van der Waals surface area contributed by atoms with Crippen molar-refractivity contribution in [3.63, 3.8) is 0 Å². The first-order valence-electron chi connectivity index (χ1n) is 10.4. The Morgan fingerprint density at radius 1 is 1.22 bits per heavy atom. The summed E-state index contributed by atoms with van der Waals surface area (Å²) in [6.07, 6.45) is 2.21. The second-order valence-corrected chi connectivity index (χ2v) is 9.25. The molecule has 0 amide bonds. The molecule has 0 bridgehead atoms. The summed E-state index contributed by atoms with van der Waals surface area (Å²) >= 11 is 1.94. The molecule has 5 heteroatoms. The van der Waals surface area contributed by atoms with Crippen molar-refractivity contribution < 1.29 is 0 Å². The van der Waals surface area contributed by atoms with E-state index in [0.29, 0.717) is 12.1 Å². The Hall–Kier alpha value is -1.27. The maximum atomic E-state index is 5.02. The van der Waals surface area contributed by atoms with Crippen LogP contribution in [0, 0.1) is 0 Å². The highest BCUT2D eigenvalue weighted by Gasteiger charge is 2.27. The number of aryl methyl sites for hydroxylation is 1. The number of piperazine rings is 1. The molecule has 2 aliphatic rings. The van der Waals surface area contributed by atoms with Crippen molar-refractivity contribution in [3.05, 3.63) is 51.0 Å². The molecule has 0 spiro atoms. The van der Waals surface area contributed by atoms with Crippen LogP contribution in [-0.4, -0.2) is 47.0 Å². The average Bonchev–Trinajstić information content (AvgIpc) is 3.10. The lowest BCUT2D eigenvalue weighted by molar-refractivity contribution is 0.153. The van der Waals surface area contributed by atoms with Gasteiger partial charge in [0, 0.05) is 56.1 Å². The summed E-state index contributed by atoms with van der Waals surface area (Å²) in [5.41, 5.74) is 4.19. The Morgan fingerprint density at radius 3 is 2.78 bits per heavy atom. The highest BCUT2D eigenvalue weighted by atomic mass is 32.1. The number of aromatic nitrogens is 1. The zero-order chi connectivity index (χ0) is 18.8. The number of benzene rings is 1. The van der Waals surface area contributed by atoms with E-state index in [4.69, 9.17) is 4.98 Å². The number of fused-ring (bicyclic) bond motifs is 1. The number of thiazole rings is 1. The predicted octanol–water partition coefficient (Wildman–Crippen LogP) is 3.62. The molecule has 1 fully saturated rings. The third-order valence-electron chi connectivity index (χ3n) is 6.00. The van der Waals surface area contributed by atoms with E-state index in [1.54, 1.807) is 0 Å². The molecule has 4 nitrogen and oxygen atoms in total. The van der Waals surface area contributed by atoms with Gasteiger partial charge in [-0.3, -0.25) is 9.80 Å². The van der Waals surface area contributed by atoms with Crippen LogP contribution in [0.4, 0.5) is 0 Å². The van der Waals surface area contributed by atoms with Gasteiger partial charge in [-0.25, -0.2) is 4.98 Å². The van der Waals surface area contributed by atoms with Gasteiger partial charge in [-0.05, 0) is 31.4 Å². The second-order valence-electron chi connectivity index (χ2n) is 8.08. The molecule has 0 saturated carbocycles. The highest BCUT2D eigenvalue weighted by molar-refractivity contribution is 7.11. The molecule has 0 radical (unpaired) electrons. The Morgan fingerprint density at radius 2 is 2.04 bits per heavy atom. The van der Waals surface area contributed by atoms with E-state index < -0.39 is 0 Å². The molecule has 1 aromatic carbocycles. The molecule has 0 aliphatic carbocycles. The summed E-state index contributed by atoms with van der Waals surface area (Å²) in [6.45, 7) is 13.2. The van der Waals surface area contributed by atoms with Crippen LogP contribution in [-0.2, 0) is 25.9 Å². The molecule has 2 aromatic rings. The molecule has 2 aliphatic heterocycles. The van der Waals surface area contributed by atoms with Crippen LogP contribution < -0.4 is 5.32 Å². The van der Waals surface area contributed by atoms with Gasteiger partial charge in [0.25, 0.3) is 0 Å². The fraction of sp³-hybridized carbons (Fsp3) is 0.591. The van der Waals surface area contributed by atoms with Gasteiger partial charge >= 0.3 is 0 Å². The topological polar surface area (TPSA) is 31.4 Å². The van der Waals surface area contributed by atoms with Gasteiger partial charge in [0.05, 0.1) is 12.2 Å². The van der Waals surface area contributed by atoms with Crippen LogP contribution in [0.2, 0.25) is 0 Å². The summed E-state index contributed by atoms with van der Waals surface area (Å²) in [7, 11) is 0. The summed E-state index contributed by atoms with van der Waals surface area (Å²) in [5, 5.41) is 4.87. The van der Waals surface area contributed by atoms with Crippen molar-refractivity contribution in [1.82, 2.24) is 20.1 Å². The molecule has 27 heavy (non-hydrogen) atoms. The number of hydrogen-bond donors (Lipinski definition) is 1. The third-order valence-corrected chi connectivity index (χ3v) is 7.07. The van der Waals surface area contributed by atoms with Crippen molar-refractivity contribution in [2.75, 3.05) is 26.2 Å². The first-order chi connectivity index (χ1) is 13.1. The number of hydrogen-bond acceptors (Lipinski definition) is 5. The summed E-state index contributed by atoms with van der Waals surface area (Å²) in [6, 6.07) is 10.3. The number of rotatable bonds is 5. The Bertz CT molecular complexity index is 752. The van der Waals surface area contributed by atoms with Gasteiger partial charge in [0.2, 0.25) is 0 Å². The molecular formula is C22H32N4S. The average molecular weight is 385 g/mol. The Balaban J connectivity index is 1.49. The largest absolute Gasteiger partial charge is 0.314 e. The maximum absolute atomic E-state index is 5.02. The van der Waals surface area contributed by atoms with Crippen LogP contribution in [0.5, 0.6) is 0 Å². The lowest BCUT2D eigenvalue weighted by atomic mass is 10.0. The normalized spacial score (nSPS) is 21.6. The lowest BCUT2D eigenvalue weighted by Crippen LogP contribution is -2.45. The van der Waals surface area contributed by atoms with E-state index in [9.17, 15) is 0 Å². The smallest absolute Gasteiger partial charge is 0.107 e. The van der Waals surface area contributed by atoms with E-state index >= 15 is 0 Å². The van der Waals surface area contributed by atoms with Crippen molar-refractivity contribution in [3.8, 4) is 0 Å². The first-order valence-corrected chi connectivity index (χ1v) is 11.2. The van der Waals surface area contributed by atoms with Gasteiger partial charge in [0.15, 0.2) is 0 Å². The van der Waals surface area contributed by atoms with Crippen LogP contribution in [0.15, 0.2) is 24.3 Å². The van der Waals surface area contributed by atoms with Gasteiger partial charge in [-0.15, -0.1) is 11.3 Å². The van der Waals surface area contributed by atoms with Crippen LogP contribution in [0.3, 0.4) is 0 Å². The van der Waals surface area contributed by atoms with Crippen LogP contribution >= 0.6 is 11.3 Å². The molecule has 146 valence electrons. The van der Waals surface area contributed by atoms with E-state index in [0.717, 1.165) is 52.1 Å². The summed E-state index contributed by atoms with van der Waals surface area (Å²) in [5.74, 6) is 0. The minimum Gasteiger partial charge on any atom is -0.314 e. The lowest BCUT2D eigenvalue weighted by Gasteiger charge is -2.36. The maximum Gasteiger partial charge on any atom is 0.107 e. The first kappa shape index (κ1) is 19.1. The zero-order valence-electron chi connectivity index (χ0n) is 16.9. The van der Waals surface area contributed by atoms with E-state index in [1.165, 1.54) is 26.7 Å². The van der Waals surface area contributed by atoms with E-state index in [1.807, 2.05) is 11.3 Å². The molecule has 4 rings (SSSR count). The van der Waals surface area contributed by atoms with E-state index in [-0.39, 0.29) is 0 Å². The molecular weight excluding hydrogens is 352 g/mol. The van der Waals surface area contributed by atoms with Gasteiger partial charge < -0.3 is 5.32 Å². The minimum absolute atomic E-state index is 0.442. The highest BCUT2D eigenvalue weighted by Crippen LogP contribution is 2.30.